The lowest BCUT2D eigenvalue weighted by Gasteiger charge is -2.27. The summed E-state index contributed by atoms with van der Waals surface area (Å²) in [6.07, 6.45) is 16.8. The van der Waals surface area contributed by atoms with Crippen molar-refractivity contribution in [3.63, 3.8) is 0 Å². The summed E-state index contributed by atoms with van der Waals surface area (Å²) in [6.45, 7) is 5.68. The van der Waals surface area contributed by atoms with Crippen LogP contribution in [0.1, 0.15) is 69.4 Å². The maximum atomic E-state index is 5.61. The average molecular weight is 312 g/mol. The predicted octanol–water partition coefficient (Wildman–Crippen LogP) is 6.41. The first-order valence-corrected chi connectivity index (χ1v) is 9.27. The third kappa shape index (κ3) is 6.35. The van der Waals surface area contributed by atoms with E-state index in [1.54, 1.807) is 0 Å². The Hall–Kier alpha value is -1.34. The number of hydrogen-bond acceptors (Lipinski definition) is 1. The average Bonchev–Trinajstić information content (AvgIpc) is 2.60. The summed E-state index contributed by atoms with van der Waals surface area (Å²) in [7, 11) is 0. The van der Waals surface area contributed by atoms with E-state index in [9.17, 15) is 0 Å². The Balaban J connectivity index is 1.77. The molecule has 1 heteroatoms. The molecule has 1 nitrogen and oxygen atoms in total. The van der Waals surface area contributed by atoms with Crippen molar-refractivity contribution in [1.82, 2.24) is 0 Å². The van der Waals surface area contributed by atoms with E-state index in [0.717, 1.165) is 11.8 Å². The molecule has 0 heterocycles. The number of allylic oxidation sites excluding steroid dienone is 3. The van der Waals surface area contributed by atoms with E-state index in [1.165, 1.54) is 49.7 Å². The number of benzene rings is 1. The fourth-order valence-corrected chi connectivity index (χ4v) is 3.33. The Morgan fingerprint density at radius 2 is 1.78 bits per heavy atom. The fourth-order valence-electron chi connectivity index (χ4n) is 3.33. The van der Waals surface area contributed by atoms with Crippen LogP contribution in [0.4, 0.5) is 0 Å². The van der Waals surface area contributed by atoms with Crippen LogP contribution >= 0.6 is 0 Å². The van der Waals surface area contributed by atoms with Crippen LogP contribution in [0.3, 0.4) is 0 Å². The van der Waals surface area contributed by atoms with E-state index in [1.807, 2.05) is 19.1 Å². The molecule has 0 atom stereocenters. The number of hydrogen-bond donors (Lipinski definition) is 0. The largest absolute Gasteiger partial charge is 0.373 e. The Morgan fingerprint density at radius 3 is 2.43 bits per heavy atom. The molecule has 1 aromatic rings. The summed E-state index contributed by atoms with van der Waals surface area (Å²) in [6, 6.07) is 9.09. The zero-order valence-corrected chi connectivity index (χ0v) is 14.8. The summed E-state index contributed by atoms with van der Waals surface area (Å²) >= 11 is 0. The predicted molar refractivity (Wildman–Crippen MR) is 99.7 cm³/mol. The zero-order valence-electron chi connectivity index (χ0n) is 14.8. The molecule has 23 heavy (non-hydrogen) atoms. The van der Waals surface area contributed by atoms with Crippen molar-refractivity contribution in [1.29, 1.82) is 0 Å². The molecule has 2 rings (SSSR count). The van der Waals surface area contributed by atoms with E-state index < -0.39 is 0 Å². The lowest BCUT2D eigenvalue weighted by molar-refractivity contribution is 0.148. The van der Waals surface area contributed by atoms with Crippen molar-refractivity contribution in [3.8, 4) is 0 Å². The number of unbranched alkanes of at least 4 members (excludes halogenated alkanes) is 1. The number of ether oxygens (including phenoxy) is 1. The van der Waals surface area contributed by atoms with Crippen molar-refractivity contribution in [2.24, 2.45) is 5.92 Å². The molecule has 0 aromatic heterocycles. The minimum absolute atomic E-state index is 0.702. The van der Waals surface area contributed by atoms with Gasteiger partial charge in [0.1, 0.15) is 0 Å². The van der Waals surface area contributed by atoms with Gasteiger partial charge in [-0.3, -0.25) is 0 Å². The standard InChI is InChI=1S/C22H32O/c1-3-5-7-8-19-9-13-21(14-10-19)22-15-11-20(12-16-22)18-23-17-6-4-2/h4,6-8,11-12,15-16,19,21H,3,5,9-10,13-14,17-18H2,1-2H3/b6-4?,8-7+. The highest BCUT2D eigenvalue weighted by Gasteiger charge is 2.20. The maximum absolute atomic E-state index is 5.61. The summed E-state index contributed by atoms with van der Waals surface area (Å²) in [5.41, 5.74) is 2.78. The third-order valence-corrected chi connectivity index (χ3v) is 4.81. The molecule has 0 amide bonds. The second-order valence-electron chi connectivity index (χ2n) is 6.65. The van der Waals surface area contributed by atoms with Gasteiger partial charge in [0, 0.05) is 0 Å². The van der Waals surface area contributed by atoms with Crippen LogP contribution in [0.5, 0.6) is 0 Å². The normalized spacial score (nSPS) is 22.2. The van der Waals surface area contributed by atoms with Gasteiger partial charge >= 0.3 is 0 Å². The first-order valence-electron chi connectivity index (χ1n) is 9.27. The van der Waals surface area contributed by atoms with Gasteiger partial charge in [-0.05, 0) is 62.0 Å². The molecule has 126 valence electrons. The van der Waals surface area contributed by atoms with Crippen LogP contribution in [0, 0.1) is 5.92 Å². The van der Waals surface area contributed by atoms with E-state index in [0.29, 0.717) is 13.2 Å². The Kier molecular flexibility index (Phi) is 8.17. The van der Waals surface area contributed by atoms with Gasteiger partial charge in [-0.15, -0.1) is 0 Å². The van der Waals surface area contributed by atoms with Gasteiger partial charge < -0.3 is 4.74 Å². The molecule has 0 aliphatic heterocycles. The monoisotopic (exact) mass is 312 g/mol. The second kappa shape index (κ2) is 10.4. The Labute approximate surface area is 142 Å². The quantitative estimate of drug-likeness (QED) is 0.398. The van der Waals surface area contributed by atoms with Crippen molar-refractivity contribution < 1.29 is 4.74 Å². The van der Waals surface area contributed by atoms with Crippen molar-refractivity contribution in [2.45, 2.75) is 64.9 Å². The highest BCUT2D eigenvalue weighted by molar-refractivity contribution is 5.25. The highest BCUT2D eigenvalue weighted by atomic mass is 16.5. The minimum atomic E-state index is 0.702. The van der Waals surface area contributed by atoms with Gasteiger partial charge in [0.25, 0.3) is 0 Å². The van der Waals surface area contributed by atoms with Crippen LogP contribution in [-0.2, 0) is 11.3 Å². The summed E-state index contributed by atoms with van der Waals surface area (Å²) < 4.78 is 5.61. The van der Waals surface area contributed by atoms with Gasteiger partial charge in [-0.2, -0.15) is 0 Å². The summed E-state index contributed by atoms with van der Waals surface area (Å²) in [5.74, 6) is 1.57. The molecule has 0 spiro atoms. The van der Waals surface area contributed by atoms with Crippen LogP contribution in [0.15, 0.2) is 48.6 Å². The molecule has 0 N–H and O–H groups in total. The molecular formula is C22H32O. The van der Waals surface area contributed by atoms with Gasteiger partial charge in [0.2, 0.25) is 0 Å². The highest BCUT2D eigenvalue weighted by Crippen LogP contribution is 2.36. The van der Waals surface area contributed by atoms with Gasteiger partial charge in [0.05, 0.1) is 13.2 Å². The molecule has 1 aliphatic carbocycles. The smallest absolute Gasteiger partial charge is 0.0721 e. The molecule has 0 bridgehead atoms. The van der Waals surface area contributed by atoms with Crippen LogP contribution in [-0.4, -0.2) is 6.61 Å². The summed E-state index contributed by atoms with van der Waals surface area (Å²) in [5, 5.41) is 0. The van der Waals surface area contributed by atoms with Crippen molar-refractivity contribution in [3.05, 3.63) is 59.7 Å². The van der Waals surface area contributed by atoms with E-state index in [4.69, 9.17) is 4.74 Å². The minimum Gasteiger partial charge on any atom is -0.373 e. The maximum Gasteiger partial charge on any atom is 0.0721 e. The van der Waals surface area contributed by atoms with E-state index >= 15 is 0 Å². The van der Waals surface area contributed by atoms with Crippen molar-refractivity contribution >= 4 is 0 Å². The van der Waals surface area contributed by atoms with Crippen molar-refractivity contribution in [2.75, 3.05) is 6.61 Å². The Morgan fingerprint density at radius 1 is 1.04 bits per heavy atom. The molecule has 0 saturated heterocycles. The molecular weight excluding hydrogens is 280 g/mol. The molecule has 1 aromatic carbocycles. The SMILES string of the molecule is CC=CCOCc1ccc(C2CCC(/C=C/CCC)CC2)cc1. The second-order valence-corrected chi connectivity index (χ2v) is 6.65. The number of rotatable bonds is 8. The zero-order chi connectivity index (χ0) is 16.3. The fraction of sp³-hybridized carbons (Fsp3) is 0.545. The molecule has 1 fully saturated rings. The van der Waals surface area contributed by atoms with E-state index in [2.05, 4.69) is 43.3 Å². The van der Waals surface area contributed by atoms with Gasteiger partial charge in [-0.25, -0.2) is 0 Å². The Bertz CT molecular complexity index is 475. The van der Waals surface area contributed by atoms with Crippen LogP contribution < -0.4 is 0 Å². The first-order chi connectivity index (χ1) is 11.3. The van der Waals surface area contributed by atoms with Gasteiger partial charge in [0.15, 0.2) is 0 Å². The van der Waals surface area contributed by atoms with E-state index in [-0.39, 0.29) is 0 Å². The first kappa shape index (κ1) is 18.0. The lowest BCUT2D eigenvalue weighted by Crippen LogP contribution is -2.11. The molecule has 0 radical (unpaired) electrons. The van der Waals surface area contributed by atoms with Crippen LogP contribution in [0.25, 0.3) is 0 Å². The summed E-state index contributed by atoms with van der Waals surface area (Å²) in [4.78, 5) is 0. The molecule has 1 aliphatic rings. The lowest BCUT2D eigenvalue weighted by atomic mass is 9.78. The molecule has 0 unspecified atom stereocenters. The third-order valence-electron chi connectivity index (χ3n) is 4.81. The van der Waals surface area contributed by atoms with Gasteiger partial charge in [-0.1, -0.05) is 61.9 Å². The topological polar surface area (TPSA) is 9.23 Å². The van der Waals surface area contributed by atoms with Crippen LogP contribution in [0.2, 0.25) is 0 Å². The molecule has 1 saturated carbocycles.